The maximum absolute atomic E-state index is 12.5. The third kappa shape index (κ3) is 1.34. The molecule has 2 rings (SSSR count). The molecule has 1 aromatic carbocycles. The molecule has 2 heteroatoms. The van der Waals surface area contributed by atoms with Crippen molar-refractivity contribution in [3.05, 3.63) is 35.6 Å². The minimum Gasteiger partial charge on any atom is -0.396 e. The molecular formula is C10H11FO. The van der Waals surface area contributed by atoms with Crippen molar-refractivity contribution in [3.8, 4) is 0 Å². The summed E-state index contributed by atoms with van der Waals surface area (Å²) < 4.78 is 12.5. The molecular weight excluding hydrogens is 155 g/mol. The van der Waals surface area contributed by atoms with Crippen LogP contribution in [0.5, 0.6) is 0 Å². The molecule has 1 aliphatic carbocycles. The first kappa shape index (κ1) is 7.74. The van der Waals surface area contributed by atoms with Gasteiger partial charge in [-0.15, -0.1) is 0 Å². The number of aliphatic hydroxyl groups excluding tert-OH is 1. The summed E-state index contributed by atoms with van der Waals surface area (Å²) in [6, 6.07) is 6.55. The van der Waals surface area contributed by atoms with Crippen LogP contribution in [0.15, 0.2) is 24.3 Å². The molecule has 1 aliphatic rings. The molecule has 1 N–H and O–H groups in total. The number of halogens is 1. The van der Waals surface area contributed by atoms with Crippen LogP contribution in [0.3, 0.4) is 0 Å². The minimum absolute atomic E-state index is 0.194. The zero-order valence-corrected chi connectivity index (χ0v) is 6.70. The van der Waals surface area contributed by atoms with E-state index in [9.17, 15) is 4.39 Å². The van der Waals surface area contributed by atoms with Gasteiger partial charge in [-0.2, -0.15) is 0 Å². The zero-order valence-electron chi connectivity index (χ0n) is 6.70. The molecule has 2 atom stereocenters. The number of benzene rings is 1. The van der Waals surface area contributed by atoms with Gasteiger partial charge in [0, 0.05) is 6.61 Å². The van der Waals surface area contributed by atoms with Crippen molar-refractivity contribution in [2.24, 2.45) is 5.92 Å². The SMILES string of the molecule is OC[C@H]1C[C@H]1c1ccc(F)cc1. The van der Waals surface area contributed by atoms with Crippen LogP contribution >= 0.6 is 0 Å². The average molecular weight is 166 g/mol. The molecule has 0 aliphatic heterocycles. The van der Waals surface area contributed by atoms with E-state index in [1.54, 1.807) is 12.1 Å². The Labute approximate surface area is 70.8 Å². The lowest BCUT2D eigenvalue weighted by atomic mass is 10.1. The van der Waals surface area contributed by atoms with Gasteiger partial charge in [0.05, 0.1) is 0 Å². The summed E-state index contributed by atoms with van der Waals surface area (Å²) in [6.07, 6.45) is 1.04. The summed E-state index contributed by atoms with van der Waals surface area (Å²) in [7, 11) is 0. The molecule has 1 nitrogen and oxygen atoms in total. The Kier molecular flexibility index (Phi) is 1.85. The largest absolute Gasteiger partial charge is 0.396 e. The highest BCUT2D eigenvalue weighted by molar-refractivity contribution is 5.26. The van der Waals surface area contributed by atoms with Crippen molar-refractivity contribution >= 4 is 0 Å². The third-order valence-electron chi connectivity index (χ3n) is 2.46. The van der Waals surface area contributed by atoms with E-state index in [0.717, 1.165) is 12.0 Å². The van der Waals surface area contributed by atoms with Gasteiger partial charge in [-0.3, -0.25) is 0 Å². The van der Waals surface area contributed by atoms with Crippen molar-refractivity contribution in [1.82, 2.24) is 0 Å². The van der Waals surface area contributed by atoms with E-state index in [-0.39, 0.29) is 12.4 Å². The standard InChI is InChI=1S/C10H11FO/c11-9-3-1-7(2-4-9)10-5-8(10)6-12/h1-4,8,10,12H,5-6H2/t8-,10+/m1/s1. The minimum atomic E-state index is -0.194. The van der Waals surface area contributed by atoms with Gasteiger partial charge in [-0.1, -0.05) is 12.1 Å². The quantitative estimate of drug-likeness (QED) is 0.711. The Morgan fingerprint density at radius 1 is 1.33 bits per heavy atom. The number of aliphatic hydroxyl groups is 1. The lowest BCUT2D eigenvalue weighted by molar-refractivity contribution is 0.274. The molecule has 0 aromatic heterocycles. The monoisotopic (exact) mass is 166 g/mol. The molecule has 1 fully saturated rings. The summed E-state index contributed by atoms with van der Waals surface area (Å²) in [5.41, 5.74) is 1.15. The fourth-order valence-electron chi connectivity index (χ4n) is 1.57. The van der Waals surface area contributed by atoms with Gasteiger partial charge in [0.1, 0.15) is 5.82 Å². The van der Waals surface area contributed by atoms with Gasteiger partial charge in [-0.25, -0.2) is 4.39 Å². The highest BCUT2D eigenvalue weighted by atomic mass is 19.1. The molecule has 64 valence electrons. The lowest BCUT2D eigenvalue weighted by Gasteiger charge is -1.97. The molecule has 0 amide bonds. The Hall–Kier alpha value is -0.890. The molecule has 0 bridgehead atoms. The van der Waals surface area contributed by atoms with Crippen LogP contribution in [-0.4, -0.2) is 11.7 Å². The van der Waals surface area contributed by atoms with Crippen molar-refractivity contribution in [2.75, 3.05) is 6.61 Å². The summed E-state index contributed by atoms with van der Waals surface area (Å²) in [4.78, 5) is 0. The first-order chi connectivity index (χ1) is 5.81. The summed E-state index contributed by atoms with van der Waals surface area (Å²) in [6.45, 7) is 0.252. The molecule has 0 radical (unpaired) electrons. The lowest BCUT2D eigenvalue weighted by Crippen LogP contribution is -1.88. The van der Waals surface area contributed by atoms with Gasteiger partial charge < -0.3 is 5.11 Å². The highest BCUT2D eigenvalue weighted by Crippen LogP contribution is 2.46. The fraction of sp³-hybridized carbons (Fsp3) is 0.400. The van der Waals surface area contributed by atoms with Crippen molar-refractivity contribution in [2.45, 2.75) is 12.3 Å². The van der Waals surface area contributed by atoms with E-state index in [4.69, 9.17) is 5.11 Å². The topological polar surface area (TPSA) is 20.2 Å². The number of rotatable bonds is 2. The van der Waals surface area contributed by atoms with Gasteiger partial charge in [-0.05, 0) is 36.0 Å². The smallest absolute Gasteiger partial charge is 0.123 e. The average Bonchev–Trinajstić information content (AvgIpc) is 2.85. The molecule has 0 heterocycles. The molecule has 0 saturated heterocycles. The Balaban J connectivity index is 2.10. The zero-order chi connectivity index (χ0) is 8.55. The maximum atomic E-state index is 12.5. The van der Waals surface area contributed by atoms with Crippen molar-refractivity contribution in [1.29, 1.82) is 0 Å². The molecule has 1 aromatic rings. The summed E-state index contributed by atoms with van der Waals surface area (Å²) in [5.74, 6) is 0.686. The third-order valence-corrected chi connectivity index (χ3v) is 2.46. The van der Waals surface area contributed by atoms with Crippen LogP contribution in [0.25, 0.3) is 0 Å². The molecule has 0 spiro atoms. The van der Waals surface area contributed by atoms with E-state index >= 15 is 0 Å². The van der Waals surface area contributed by atoms with E-state index < -0.39 is 0 Å². The van der Waals surface area contributed by atoms with Gasteiger partial charge >= 0.3 is 0 Å². The Morgan fingerprint density at radius 3 is 2.50 bits per heavy atom. The Bertz CT molecular complexity index is 268. The van der Waals surface area contributed by atoms with E-state index in [1.807, 2.05) is 0 Å². The van der Waals surface area contributed by atoms with Crippen LogP contribution in [0.2, 0.25) is 0 Å². The van der Waals surface area contributed by atoms with E-state index in [1.165, 1.54) is 12.1 Å². The predicted octanol–water partition coefficient (Wildman–Crippen LogP) is 1.92. The second-order valence-corrected chi connectivity index (χ2v) is 3.34. The van der Waals surface area contributed by atoms with E-state index in [2.05, 4.69) is 0 Å². The first-order valence-corrected chi connectivity index (χ1v) is 4.17. The second kappa shape index (κ2) is 2.87. The van der Waals surface area contributed by atoms with E-state index in [0.29, 0.717) is 11.8 Å². The second-order valence-electron chi connectivity index (χ2n) is 3.34. The fourth-order valence-corrected chi connectivity index (χ4v) is 1.57. The summed E-state index contributed by atoms with van der Waals surface area (Å²) >= 11 is 0. The number of hydrogen-bond donors (Lipinski definition) is 1. The molecule has 12 heavy (non-hydrogen) atoms. The van der Waals surface area contributed by atoms with Crippen LogP contribution in [-0.2, 0) is 0 Å². The van der Waals surface area contributed by atoms with Gasteiger partial charge in [0.25, 0.3) is 0 Å². The van der Waals surface area contributed by atoms with Crippen LogP contribution in [0.4, 0.5) is 4.39 Å². The van der Waals surface area contributed by atoms with Crippen molar-refractivity contribution < 1.29 is 9.50 Å². The van der Waals surface area contributed by atoms with Crippen LogP contribution < -0.4 is 0 Å². The normalized spacial score (nSPS) is 27.2. The Morgan fingerprint density at radius 2 is 2.00 bits per heavy atom. The molecule has 1 saturated carbocycles. The molecule has 0 unspecified atom stereocenters. The van der Waals surface area contributed by atoms with Gasteiger partial charge in [0.15, 0.2) is 0 Å². The predicted molar refractivity (Wildman–Crippen MR) is 44.3 cm³/mol. The van der Waals surface area contributed by atoms with Crippen molar-refractivity contribution in [3.63, 3.8) is 0 Å². The maximum Gasteiger partial charge on any atom is 0.123 e. The summed E-state index contributed by atoms with van der Waals surface area (Å²) in [5, 5.41) is 8.82. The first-order valence-electron chi connectivity index (χ1n) is 4.17. The highest BCUT2D eigenvalue weighted by Gasteiger charge is 2.37. The van der Waals surface area contributed by atoms with Gasteiger partial charge in [0.2, 0.25) is 0 Å². The number of hydrogen-bond acceptors (Lipinski definition) is 1. The van der Waals surface area contributed by atoms with Crippen LogP contribution in [0.1, 0.15) is 17.9 Å². The van der Waals surface area contributed by atoms with Crippen LogP contribution in [0, 0.1) is 11.7 Å².